The molecule has 2 aromatic rings. The third kappa shape index (κ3) is 6.22. The maximum Gasteiger partial charge on any atom is 0.326 e. The summed E-state index contributed by atoms with van der Waals surface area (Å²) in [5, 5.41) is 21.8. The Bertz CT molecular complexity index is 920. The highest BCUT2D eigenvalue weighted by Crippen LogP contribution is 2.39. The average molecular weight is 543 g/mol. The fraction of sp³-hybridized carbons (Fsp3) is 0.364. The number of aromatic hydroxyl groups is 1. The fourth-order valence-electron chi connectivity index (χ4n) is 2.91. The van der Waals surface area contributed by atoms with Gasteiger partial charge < -0.3 is 20.3 Å². The van der Waals surface area contributed by atoms with Crippen LogP contribution in [-0.2, 0) is 16.0 Å². The quantitative estimate of drug-likeness (QED) is 0.403. The average Bonchev–Trinajstić information content (AvgIpc) is 2.63. The normalized spacial score (nSPS) is 12.1. The molecule has 30 heavy (non-hydrogen) atoms. The molecule has 8 heteroatoms. The highest BCUT2D eigenvalue weighted by Gasteiger charge is 2.23. The van der Waals surface area contributed by atoms with E-state index in [0.29, 0.717) is 26.0 Å². The molecule has 0 aromatic heterocycles. The number of hydrogen-bond acceptors (Lipinski definition) is 4. The number of aliphatic carboxylic acids is 1. The summed E-state index contributed by atoms with van der Waals surface area (Å²) < 4.78 is 7.26. The van der Waals surface area contributed by atoms with Gasteiger partial charge in [-0.05, 0) is 79.6 Å². The van der Waals surface area contributed by atoms with Gasteiger partial charge in [0.25, 0.3) is 0 Å². The second kappa shape index (κ2) is 10.3. The Balaban J connectivity index is 2.19. The summed E-state index contributed by atoms with van der Waals surface area (Å²) >= 11 is 6.95. The van der Waals surface area contributed by atoms with Crippen molar-refractivity contribution in [2.45, 2.75) is 46.1 Å². The van der Waals surface area contributed by atoms with E-state index in [2.05, 4.69) is 37.2 Å². The van der Waals surface area contributed by atoms with Gasteiger partial charge >= 0.3 is 5.97 Å². The highest BCUT2D eigenvalue weighted by atomic mass is 79.9. The Labute approximate surface area is 192 Å². The standard InChI is InChI=1S/C22H25Br2NO5/c1-11(2)15-10-14(5-6-18(15)26)30-21-16(23)7-13(8-17(21)24)9-19(27)25-20(12(3)4)22(28)29/h5-8,10-12,20,26H,9H2,1-4H3,(H,25,27)(H,28,29)/t20-/m1/s1. The molecule has 0 fully saturated rings. The minimum Gasteiger partial charge on any atom is -0.508 e. The summed E-state index contributed by atoms with van der Waals surface area (Å²) in [4.78, 5) is 23.6. The molecule has 0 saturated heterocycles. The molecule has 0 spiro atoms. The molecule has 0 heterocycles. The van der Waals surface area contributed by atoms with Gasteiger partial charge in [-0.2, -0.15) is 0 Å². The molecule has 0 unspecified atom stereocenters. The lowest BCUT2D eigenvalue weighted by Crippen LogP contribution is -2.44. The van der Waals surface area contributed by atoms with E-state index in [9.17, 15) is 19.8 Å². The Kier molecular flexibility index (Phi) is 8.32. The van der Waals surface area contributed by atoms with Crippen molar-refractivity contribution in [2.24, 2.45) is 5.92 Å². The van der Waals surface area contributed by atoms with E-state index in [1.807, 2.05) is 13.8 Å². The van der Waals surface area contributed by atoms with Crippen LogP contribution in [0, 0.1) is 5.92 Å². The van der Waals surface area contributed by atoms with Crippen LogP contribution < -0.4 is 10.1 Å². The molecule has 0 aliphatic carbocycles. The maximum absolute atomic E-state index is 12.3. The van der Waals surface area contributed by atoms with Crippen molar-refractivity contribution in [3.8, 4) is 17.2 Å². The maximum atomic E-state index is 12.3. The zero-order valence-electron chi connectivity index (χ0n) is 17.2. The van der Waals surface area contributed by atoms with Gasteiger partial charge in [0.05, 0.1) is 15.4 Å². The van der Waals surface area contributed by atoms with E-state index in [1.54, 1.807) is 44.2 Å². The molecule has 162 valence electrons. The number of carboxylic acid groups (broad SMARTS) is 1. The van der Waals surface area contributed by atoms with Crippen molar-refractivity contribution < 1.29 is 24.5 Å². The first-order valence-electron chi connectivity index (χ1n) is 9.50. The van der Waals surface area contributed by atoms with Gasteiger partial charge in [0.2, 0.25) is 5.91 Å². The monoisotopic (exact) mass is 541 g/mol. The number of phenols is 1. The first kappa shape index (κ1) is 24.2. The molecular weight excluding hydrogens is 518 g/mol. The number of ether oxygens (including phenoxy) is 1. The summed E-state index contributed by atoms with van der Waals surface area (Å²) in [5.41, 5.74) is 1.48. The second-order valence-corrected chi connectivity index (χ2v) is 9.38. The van der Waals surface area contributed by atoms with Gasteiger partial charge in [0.1, 0.15) is 17.5 Å². The lowest BCUT2D eigenvalue weighted by atomic mass is 10.0. The van der Waals surface area contributed by atoms with E-state index < -0.39 is 12.0 Å². The van der Waals surface area contributed by atoms with E-state index in [4.69, 9.17) is 4.74 Å². The summed E-state index contributed by atoms with van der Waals surface area (Å²) in [5.74, 6) is -0.181. The number of rotatable bonds is 8. The third-order valence-electron chi connectivity index (χ3n) is 4.51. The van der Waals surface area contributed by atoms with Gasteiger partial charge in [-0.25, -0.2) is 4.79 Å². The predicted octanol–water partition coefficient (Wildman–Crippen LogP) is 5.60. The van der Waals surface area contributed by atoms with Crippen LogP contribution in [0.1, 0.15) is 44.7 Å². The molecule has 2 rings (SSSR count). The van der Waals surface area contributed by atoms with Crippen molar-refractivity contribution in [1.82, 2.24) is 5.32 Å². The molecule has 1 amide bonds. The molecule has 0 aliphatic rings. The van der Waals surface area contributed by atoms with Crippen LogP contribution >= 0.6 is 31.9 Å². The van der Waals surface area contributed by atoms with Gasteiger partial charge in [0.15, 0.2) is 5.75 Å². The smallest absolute Gasteiger partial charge is 0.326 e. The Morgan fingerprint density at radius 1 is 1.07 bits per heavy atom. The Morgan fingerprint density at radius 2 is 1.67 bits per heavy atom. The second-order valence-electron chi connectivity index (χ2n) is 7.67. The van der Waals surface area contributed by atoms with Crippen LogP contribution in [0.25, 0.3) is 0 Å². The number of carboxylic acids is 1. The number of halogens is 2. The molecule has 2 aromatic carbocycles. The van der Waals surface area contributed by atoms with Crippen LogP contribution in [-0.4, -0.2) is 28.1 Å². The van der Waals surface area contributed by atoms with E-state index in [-0.39, 0.29) is 29.9 Å². The van der Waals surface area contributed by atoms with Crippen LogP contribution in [0.3, 0.4) is 0 Å². The van der Waals surface area contributed by atoms with Crippen LogP contribution in [0.2, 0.25) is 0 Å². The van der Waals surface area contributed by atoms with Crippen molar-refractivity contribution in [1.29, 1.82) is 0 Å². The minimum atomic E-state index is -1.06. The van der Waals surface area contributed by atoms with Gasteiger partial charge in [-0.3, -0.25) is 4.79 Å². The zero-order chi connectivity index (χ0) is 22.6. The molecule has 1 atom stereocenters. The van der Waals surface area contributed by atoms with Crippen LogP contribution in [0.15, 0.2) is 39.3 Å². The molecule has 0 saturated carbocycles. The lowest BCUT2D eigenvalue weighted by Gasteiger charge is -2.18. The number of carbonyl (C=O) groups excluding carboxylic acids is 1. The number of phenolic OH excluding ortho intramolecular Hbond substituents is 1. The summed E-state index contributed by atoms with van der Waals surface area (Å²) in [6.45, 7) is 7.45. The summed E-state index contributed by atoms with van der Waals surface area (Å²) in [6, 6.07) is 7.65. The van der Waals surface area contributed by atoms with E-state index in [1.165, 1.54) is 0 Å². The fourth-order valence-corrected chi connectivity index (χ4v) is 4.35. The van der Waals surface area contributed by atoms with Crippen LogP contribution in [0.5, 0.6) is 17.2 Å². The third-order valence-corrected chi connectivity index (χ3v) is 5.69. The van der Waals surface area contributed by atoms with Gasteiger partial charge in [0, 0.05) is 5.56 Å². The topological polar surface area (TPSA) is 95.9 Å². The Hall–Kier alpha value is -2.06. The molecule has 0 aliphatic heterocycles. The SMILES string of the molecule is CC(C)c1cc(Oc2c(Br)cc(CC(=O)N[C@@H](C(=O)O)C(C)C)cc2Br)ccc1O. The van der Waals surface area contributed by atoms with E-state index in [0.717, 1.165) is 5.56 Å². The molecule has 0 bridgehead atoms. The van der Waals surface area contributed by atoms with Crippen LogP contribution in [0.4, 0.5) is 0 Å². The summed E-state index contributed by atoms with van der Waals surface area (Å²) in [7, 11) is 0. The highest BCUT2D eigenvalue weighted by molar-refractivity contribution is 9.11. The predicted molar refractivity (Wildman–Crippen MR) is 122 cm³/mol. The van der Waals surface area contributed by atoms with Gasteiger partial charge in [-0.1, -0.05) is 27.7 Å². The lowest BCUT2D eigenvalue weighted by molar-refractivity contribution is -0.143. The molecule has 6 nitrogen and oxygen atoms in total. The van der Waals surface area contributed by atoms with E-state index >= 15 is 0 Å². The van der Waals surface area contributed by atoms with Gasteiger partial charge in [-0.15, -0.1) is 0 Å². The zero-order valence-corrected chi connectivity index (χ0v) is 20.4. The van der Waals surface area contributed by atoms with Crippen molar-refractivity contribution in [2.75, 3.05) is 0 Å². The largest absolute Gasteiger partial charge is 0.508 e. The molecule has 3 N–H and O–H groups in total. The molecular formula is C22H25Br2NO5. The number of nitrogens with one attached hydrogen (secondary N) is 1. The first-order valence-corrected chi connectivity index (χ1v) is 11.1. The Morgan fingerprint density at radius 3 is 2.17 bits per heavy atom. The van der Waals surface area contributed by atoms with Crippen molar-refractivity contribution in [3.05, 3.63) is 50.4 Å². The number of benzene rings is 2. The first-order chi connectivity index (χ1) is 14.0. The molecule has 0 radical (unpaired) electrons. The number of hydrogen-bond donors (Lipinski definition) is 3. The number of amides is 1. The number of carbonyl (C=O) groups is 2. The van der Waals surface area contributed by atoms with Crippen molar-refractivity contribution in [3.63, 3.8) is 0 Å². The summed E-state index contributed by atoms with van der Waals surface area (Å²) in [6.07, 6.45) is 0.0324. The van der Waals surface area contributed by atoms with Crippen molar-refractivity contribution >= 4 is 43.7 Å². The minimum absolute atomic E-state index is 0.0324.